The Bertz CT molecular complexity index is 317. The molecule has 0 aromatic heterocycles. The van der Waals surface area contributed by atoms with Crippen molar-refractivity contribution in [2.24, 2.45) is 11.7 Å². The molecule has 1 rings (SSSR count). The summed E-state index contributed by atoms with van der Waals surface area (Å²) in [5.74, 6) is -0.464. The van der Waals surface area contributed by atoms with Crippen LogP contribution in [-0.4, -0.2) is 5.11 Å². The Morgan fingerprint density at radius 3 is 2.47 bits per heavy atom. The van der Waals surface area contributed by atoms with E-state index in [0.717, 1.165) is 12.0 Å². The molecule has 0 bridgehead atoms. The van der Waals surface area contributed by atoms with Gasteiger partial charge in [0.2, 0.25) is 0 Å². The molecule has 0 saturated heterocycles. The Morgan fingerprint density at radius 1 is 1.40 bits per heavy atom. The highest BCUT2D eigenvalue weighted by Gasteiger charge is 2.10. The molecule has 0 saturated carbocycles. The van der Waals surface area contributed by atoms with Crippen molar-refractivity contribution in [3.8, 4) is 5.75 Å². The van der Waals surface area contributed by atoms with E-state index in [-0.39, 0.29) is 24.2 Å². The van der Waals surface area contributed by atoms with Crippen LogP contribution in [-0.2, 0) is 0 Å². The molecule has 0 aliphatic rings. The Morgan fingerprint density at radius 2 is 2.00 bits per heavy atom. The molecular weight excluding hydrogens is 217 g/mol. The molecule has 86 valence electrons. The van der Waals surface area contributed by atoms with Crippen molar-refractivity contribution in [1.82, 2.24) is 0 Å². The second-order valence-electron chi connectivity index (χ2n) is 3.95. The van der Waals surface area contributed by atoms with Gasteiger partial charge in [0.15, 0.2) is 11.6 Å². The fraction of sp³-hybridized carbons (Fsp3) is 0.455. The molecule has 15 heavy (non-hydrogen) atoms. The Balaban J connectivity index is 0.00000196. The molecule has 0 aliphatic carbocycles. The lowest BCUT2D eigenvalue weighted by molar-refractivity contribution is 0.430. The van der Waals surface area contributed by atoms with Crippen molar-refractivity contribution < 1.29 is 9.50 Å². The van der Waals surface area contributed by atoms with Crippen LogP contribution in [0.2, 0.25) is 0 Å². The van der Waals surface area contributed by atoms with Crippen LogP contribution in [0.25, 0.3) is 0 Å². The summed E-state index contributed by atoms with van der Waals surface area (Å²) in [5.41, 5.74) is 6.60. The summed E-state index contributed by atoms with van der Waals surface area (Å²) >= 11 is 0. The minimum Gasteiger partial charge on any atom is -0.505 e. The highest BCUT2D eigenvalue weighted by atomic mass is 35.5. The number of benzene rings is 1. The van der Waals surface area contributed by atoms with Gasteiger partial charge in [-0.1, -0.05) is 19.9 Å². The van der Waals surface area contributed by atoms with E-state index in [1.807, 2.05) is 0 Å². The van der Waals surface area contributed by atoms with E-state index in [1.165, 1.54) is 12.1 Å². The Kier molecular flexibility index (Phi) is 5.61. The Hall–Kier alpha value is -0.800. The molecule has 2 nitrogen and oxygen atoms in total. The molecule has 3 N–H and O–H groups in total. The normalized spacial score (nSPS) is 12.3. The zero-order chi connectivity index (χ0) is 10.7. The van der Waals surface area contributed by atoms with E-state index in [9.17, 15) is 4.39 Å². The molecule has 4 heteroatoms. The van der Waals surface area contributed by atoms with Crippen molar-refractivity contribution >= 4 is 12.4 Å². The first-order chi connectivity index (χ1) is 6.50. The van der Waals surface area contributed by atoms with E-state index in [2.05, 4.69) is 13.8 Å². The van der Waals surface area contributed by atoms with Crippen LogP contribution in [0, 0.1) is 11.7 Å². The lowest BCUT2D eigenvalue weighted by atomic mass is 9.98. The number of phenols is 1. The number of hydrogen-bond acceptors (Lipinski definition) is 2. The number of halogens is 2. The van der Waals surface area contributed by atoms with Crippen molar-refractivity contribution in [2.45, 2.75) is 26.3 Å². The van der Waals surface area contributed by atoms with Crippen LogP contribution in [0.5, 0.6) is 5.75 Å². The van der Waals surface area contributed by atoms with Gasteiger partial charge in [0.05, 0.1) is 0 Å². The van der Waals surface area contributed by atoms with Crippen molar-refractivity contribution in [3.05, 3.63) is 29.6 Å². The van der Waals surface area contributed by atoms with Crippen LogP contribution in [0.4, 0.5) is 4.39 Å². The van der Waals surface area contributed by atoms with E-state index in [0.29, 0.717) is 5.92 Å². The maximum absolute atomic E-state index is 13.0. The van der Waals surface area contributed by atoms with Crippen LogP contribution in [0.1, 0.15) is 31.9 Å². The van der Waals surface area contributed by atoms with Gasteiger partial charge in [-0.3, -0.25) is 0 Å². The third-order valence-electron chi connectivity index (χ3n) is 2.13. The smallest absolute Gasteiger partial charge is 0.165 e. The summed E-state index contributed by atoms with van der Waals surface area (Å²) in [6.45, 7) is 4.13. The van der Waals surface area contributed by atoms with Crippen LogP contribution in [0.3, 0.4) is 0 Å². The number of phenolic OH excluding ortho intramolecular Hbond substituents is 1. The van der Waals surface area contributed by atoms with Gasteiger partial charge in [-0.05, 0) is 30.0 Å². The van der Waals surface area contributed by atoms with Crippen molar-refractivity contribution in [3.63, 3.8) is 0 Å². The van der Waals surface area contributed by atoms with Crippen LogP contribution in [0.15, 0.2) is 18.2 Å². The lowest BCUT2D eigenvalue weighted by Gasteiger charge is -2.14. The van der Waals surface area contributed by atoms with Gasteiger partial charge in [-0.25, -0.2) is 4.39 Å². The second-order valence-corrected chi connectivity index (χ2v) is 3.95. The summed E-state index contributed by atoms with van der Waals surface area (Å²) < 4.78 is 13.0. The molecule has 0 fully saturated rings. The van der Waals surface area contributed by atoms with Crippen molar-refractivity contribution in [1.29, 1.82) is 0 Å². The zero-order valence-electron chi connectivity index (χ0n) is 8.90. The largest absolute Gasteiger partial charge is 0.505 e. The molecule has 0 amide bonds. The topological polar surface area (TPSA) is 46.2 Å². The molecule has 0 heterocycles. The monoisotopic (exact) mass is 233 g/mol. The summed E-state index contributed by atoms with van der Waals surface area (Å²) in [7, 11) is 0. The van der Waals surface area contributed by atoms with Crippen LogP contribution >= 0.6 is 12.4 Å². The molecule has 0 spiro atoms. The number of rotatable bonds is 3. The van der Waals surface area contributed by atoms with Gasteiger partial charge in [-0.2, -0.15) is 0 Å². The molecule has 1 atom stereocenters. The maximum atomic E-state index is 13.0. The average molecular weight is 234 g/mol. The van der Waals surface area contributed by atoms with E-state index in [4.69, 9.17) is 10.8 Å². The van der Waals surface area contributed by atoms with Gasteiger partial charge in [-0.15, -0.1) is 12.4 Å². The van der Waals surface area contributed by atoms with Gasteiger partial charge in [0.25, 0.3) is 0 Å². The third-order valence-corrected chi connectivity index (χ3v) is 2.13. The molecule has 1 aromatic carbocycles. The summed E-state index contributed by atoms with van der Waals surface area (Å²) in [6.07, 6.45) is 0.810. The number of nitrogens with two attached hydrogens (primary N) is 1. The fourth-order valence-electron chi connectivity index (χ4n) is 1.40. The first-order valence-corrected chi connectivity index (χ1v) is 4.74. The quantitative estimate of drug-likeness (QED) is 0.843. The number of aromatic hydroxyl groups is 1. The molecule has 0 unspecified atom stereocenters. The number of hydrogen-bond donors (Lipinski definition) is 2. The minimum atomic E-state index is -0.610. The molecular formula is C11H17ClFNO. The van der Waals surface area contributed by atoms with Crippen LogP contribution < -0.4 is 5.73 Å². The summed E-state index contributed by atoms with van der Waals surface area (Å²) in [6, 6.07) is 4.13. The zero-order valence-corrected chi connectivity index (χ0v) is 9.72. The second kappa shape index (κ2) is 5.93. The third kappa shape index (κ3) is 4.06. The van der Waals surface area contributed by atoms with Crippen molar-refractivity contribution in [2.75, 3.05) is 0 Å². The molecule has 0 radical (unpaired) electrons. The predicted octanol–water partition coefficient (Wildman–Crippen LogP) is 3.00. The fourth-order valence-corrected chi connectivity index (χ4v) is 1.40. The first-order valence-electron chi connectivity index (χ1n) is 4.74. The molecule has 0 aliphatic heterocycles. The Labute approximate surface area is 95.7 Å². The average Bonchev–Trinajstić information content (AvgIpc) is 2.08. The van der Waals surface area contributed by atoms with Gasteiger partial charge >= 0.3 is 0 Å². The highest BCUT2D eigenvalue weighted by Crippen LogP contribution is 2.23. The lowest BCUT2D eigenvalue weighted by Crippen LogP contribution is -2.12. The van der Waals surface area contributed by atoms with E-state index >= 15 is 0 Å². The van der Waals surface area contributed by atoms with E-state index < -0.39 is 5.82 Å². The molecule has 1 aromatic rings. The highest BCUT2D eigenvalue weighted by molar-refractivity contribution is 5.85. The minimum absolute atomic E-state index is 0. The predicted molar refractivity (Wildman–Crippen MR) is 61.7 cm³/mol. The van der Waals surface area contributed by atoms with Gasteiger partial charge in [0.1, 0.15) is 0 Å². The van der Waals surface area contributed by atoms with E-state index in [1.54, 1.807) is 6.07 Å². The summed E-state index contributed by atoms with van der Waals surface area (Å²) in [4.78, 5) is 0. The van der Waals surface area contributed by atoms with Gasteiger partial charge in [0, 0.05) is 6.04 Å². The standard InChI is InChI=1S/C11H16FNO.ClH/c1-7(2)5-10(13)8-3-4-11(14)9(12)6-8;/h3-4,6-7,10,14H,5,13H2,1-2H3;1H/t10-;/m0./s1. The first kappa shape index (κ1) is 14.2. The summed E-state index contributed by atoms with van der Waals surface area (Å²) in [5, 5.41) is 8.99. The SMILES string of the molecule is CC(C)C[C@H](N)c1ccc(O)c(F)c1.Cl. The maximum Gasteiger partial charge on any atom is 0.165 e. The van der Waals surface area contributed by atoms with Gasteiger partial charge < -0.3 is 10.8 Å².